The Bertz CT molecular complexity index is 1210. The number of carbonyl (C=O) groups is 1. The molecule has 0 aromatic heterocycles. The molecule has 8 heteroatoms. The SMILES string of the molecule is COc1cc(NC(=O)c2ccc(-c3ccc(S(=O)(=O)N4CCCC4)cc3)cc2)cc(OC)c1. The molecule has 1 amide bonds. The van der Waals surface area contributed by atoms with E-state index in [4.69, 9.17) is 9.47 Å². The lowest BCUT2D eigenvalue weighted by Crippen LogP contribution is -2.27. The first kappa shape index (κ1) is 22.8. The average molecular weight is 467 g/mol. The van der Waals surface area contributed by atoms with Gasteiger partial charge in [0.15, 0.2) is 0 Å². The van der Waals surface area contributed by atoms with Crippen LogP contribution in [-0.2, 0) is 10.0 Å². The molecule has 4 rings (SSSR count). The number of sulfonamides is 1. The number of carbonyl (C=O) groups excluding carboxylic acids is 1. The van der Waals surface area contributed by atoms with Crippen molar-refractivity contribution in [1.29, 1.82) is 0 Å². The number of nitrogens with one attached hydrogen (secondary N) is 1. The van der Waals surface area contributed by atoms with Gasteiger partial charge in [-0.15, -0.1) is 0 Å². The van der Waals surface area contributed by atoms with Gasteiger partial charge >= 0.3 is 0 Å². The Morgan fingerprint density at radius 3 is 1.85 bits per heavy atom. The van der Waals surface area contributed by atoms with Crippen molar-refractivity contribution in [2.45, 2.75) is 17.7 Å². The van der Waals surface area contributed by atoms with Gasteiger partial charge in [-0.25, -0.2) is 8.42 Å². The number of hydrogen-bond acceptors (Lipinski definition) is 5. The van der Waals surface area contributed by atoms with Gasteiger partial charge in [0.05, 0.1) is 19.1 Å². The molecule has 0 unspecified atom stereocenters. The average Bonchev–Trinajstić information content (AvgIpc) is 3.40. The molecule has 3 aromatic carbocycles. The van der Waals surface area contributed by atoms with Crippen molar-refractivity contribution in [2.24, 2.45) is 0 Å². The highest BCUT2D eigenvalue weighted by molar-refractivity contribution is 7.89. The minimum absolute atomic E-state index is 0.260. The van der Waals surface area contributed by atoms with E-state index in [0.29, 0.717) is 40.7 Å². The summed E-state index contributed by atoms with van der Waals surface area (Å²) in [6, 6.07) is 19.2. The summed E-state index contributed by atoms with van der Waals surface area (Å²) in [6.07, 6.45) is 1.81. The minimum Gasteiger partial charge on any atom is -0.497 e. The van der Waals surface area contributed by atoms with Crippen molar-refractivity contribution in [3.63, 3.8) is 0 Å². The van der Waals surface area contributed by atoms with Gasteiger partial charge in [-0.1, -0.05) is 24.3 Å². The lowest BCUT2D eigenvalue weighted by Gasteiger charge is -2.15. The van der Waals surface area contributed by atoms with E-state index in [-0.39, 0.29) is 5.91 Å². The molecule has 1 aliphatic heterocycles. The molecule has 0 radical (unpaired) electrons. The van der Waals surface area contributed by atoms with Gasteiger partial charge in [0, 0.05) is 42.5 Å². The fourth-order valence-electron chi connectivity index (χ4n) is 3.79. The monoisotopic (exact) mass is 466 g/mol. The molecule has 0 saturated carbocycles. The van der Waals surface area contributed by atoms with E-state index in [1.54, 1.807) is 68.8 Å². The van der Waals surface area contributed by atoms with E-state index in [1.807, 2.05) is 12.1 Å². The summed E-state index contributed by atoms with van der Waals surface area (Å²) in [5.74, 6) is 0.897. The second kappa shape index (κ2) is 9.64. The van der Waals surface area contributed by atoms with E-state index < -0.39 is 10.0 Å². The summed E-state index contributed by atoms with van der Waals surface area (Å²) in [6.45, 7) is 1.16. The number of amides is 1. The van der Waals surface area contributed by atoms with Gasteiger partial charge in [0.2, 0.25) is 10.0 Å². The molecule has 172 valence electrons. The van der Waals surface area contributed by atoms with E-state index in [2.05, 4.69) is 5.32 Å². The largest absolute Gasteiger partial charge is 0.497 e. The topological polar surface area (TPSA) is 84.9 Å². The van der Waals surface area contributed by atoms with Gasteiger partial charge in [-0.05, 0) is 48.2 Å². The van der Waals surface area contributed by atoms with Crippen LogP contribution < -0.4 is 14.8 Å². The van der Waals surface area contributed by atoms with Crippen molar-refractivity contribution < 1.29 is 22.7 Å². The highest BCUT2D eigenvalue weighted by atomic mass is 32.2. The van der Waals surface area contributed by atoms with Crippen LogP contribution in [0.25, 0.3) is 11.1 Å². The quantitative estimate of drug-likeness (QED) is 0.558. The normalized spacial score (nSPS) is 14.1. The fraction of sp³-hybridized carbons (Fsp3) is 0.240. The third-order valence-electron chi connectivity index (χ3n) is 5.65. The first-order valence-corrected chi connectivity index (χ1v) is 12.1. The van der Waals surface area contributed by atoms with Gasteiger partial charge in [0.1, 0.15) is 11.5 Å². The second-order valence-electron chi connectivity index (χ2n) is 7.77. The Morgan fingerprint density at radius 2 is 1.33 bits per heavy atom. The third kappa shape index (κ3) is 5.02. The Hall–Kier alpha value is -3.36. The molecule has 0 bridgehead atoms. The Morgan fingerprint density at radius 1 is 0.818 bits per heavy atom. The standard InChI is InChI=1S/C25H26N2O5S/c1-31-22-15-21(16-23(17-22)32-2)26-25(28)20-7-5-18(6-8-20)19-9-11-24(12-10-19)33(29,30)27-13-3-4-14-27/h5-12,15-17H,3-4,13-14H2,1-2H3,(H,26,28). The fourth-order valence-corrected chi connectivity index (χ4v) is 5.31. The predicted octanol–water partition coefficient (Wildman–Crippen LogP) is 4.41. The zero-order chi connectivity index (χ0) is 23.4. The van der Waals surface area contributed by atoms with Gasteiger partial charge < -0.3 is 14.8 Å². The summed E-state index contributed by atoms with van der Waals surface area (Å²) in [5.41, 5.74) is 2.82. The summed E-state index contributed by atoms with van der Waals surface area (Å²) >= 11 is 0. The summed E-state index contributed by atoms with van der Waals surface area (Å²) in [5, 5.41) is 2.85. The van der Waals surface area contributed by atoms with Crippen molar-refractivity contribution in [3.05, 3.63) is 72.3 Å². The maximum Gasteiger partial charge on any atom is 0.255 e. The first-order chi connectivity index (χ1) is 15.9. The minimum atomic E-state index is -3.43. The van der Waals surface area contributed by atoms with E-state index >= 15 is 0 Å². The van der Waals surface area contributed by atoms with Gasteiger partial charge in [-0.2, -0.15) is 4.31 Å². The summed E-state index contributed by atoms with van der Waals surface area (Å²) in [7, 11) is -0.335. The number of ether oxygens (including phenoxy) is 2. The number of nitrogens with zero attached hydrogens (tertiary/aromatic N) is 1. The van der Waals surface area contributed by atoms with Crippen LogP contribution in [0.15, 0.2) is 71.6 Å². The molecule has 1 saturated heterocycles. The summed E-state index contributed by atoms with van der Waals surface area (Å²) in [4.78, 5) is 13.0. The predicted molar refractivity (Wildman–Crippen MR) is 127 cm³/mol. The lowest BCUT2D eigenvalue weighted by atomic mass is 10.0. The van der Waals surface area contributed by atoms with Crippen LogP contribution in [0.1, 0.15) is 23.2 Å². The van der Waals surface area contributed by atoms with E-state index in [1.165, 1.54) is 4.31 Å². The third-order valence-corrected chi connectivity index (χ3v) is 7.56. The molecular formula is C25H26N2O5S. The molecule has 7 nitrogen and oxygen atoms in total. The van der Waals surface area contributed by atoms with Crippen molar-refractivity contribution >= 4 is 21.6 Å². The highest BCUT2D eigenvalue weighted by Gasteiger charge is 2.26. The lowest BCUT2D eigenvalue weighted by molar-refractivity contribution is 0.102. The maximum absolute atomic E-state index is 12.7. The number of anilines is 1. The molecular weight excluding hydrogens is 440 g/mol. The van der Waals surface area contributed by atoms with Crippen LogP contribution in [0, 0.1) is 0 Å². The molecule has 0 atom stereocenters. The molecule has 1 fully saturated rings. The molecule has 0 aliphatic carbocycles. The van der Waals surface area contributed by atoms with Crippen LogP contribution in [0.5, 0.6) is 11.5 Å². The van der Waals surface area contributed by atoms with E-state index in [0.717, 1.165) is 24.0 Å². The van der Waals surface area contributed by atoms with Crippen LogP contribution in [-0.4, -0.2) is 45.9 Å². The zero-order valence-corrected chi connectivity index (χ0v) is 19.4. The van der Waals surface area contributed by atoms with E-state index in [9.17, 15) is 13.2 Å². The van der Waals surface area contributed by atoms with Crippen LogP contribution in [0.4, 0.5) is 5.69 Å². The summed E-state index contributed by atoms with van der Waals surface area (Å²) < 4.78 is 37.4. The smallest absolute Gasteiger partial charge is 0.255 e. The van der Waals surface area contributed by atoms with Crippen molar-refractivity contribution in [1.82, 2.24) is 4.31 Å². The van der Waals surface area contributed by atoms with Gasteiger partial charge in [-0.3, -0.25) is 4.79 Å². The highest BCUT2D eigenvalue weighted by Crippen LogP contribution is 2.27. The van der Waals surface area contributed by atoms with Crippen molar-refractivity contribution in [2.75, 3.05) is 32.6 Å². The molecule has 1 N–H and O–H groups in total. The molecule has 1 aliphatic rings. The second-order valence-corrected chi connectivity index (χ2v) is 9.71. The van der Waals surface area contributed by atoms with Crippen LogP contribution in [0.3, 0.4) is 0 Å². The Labute approximate surface area is 194 Å². The zero-order valence-electron chi connectivity index (χ0n) is 18.6. The molecule has 3 aromatic rings. The number of rotatable bonds is 7. The molecule has 0 spiro atoms. The van der Waals surface area contributed by atoms with Crippen molar-refractivity contribution in [3.8, 4) is 22.6 Å². The number of hydrogen-bond donors (Lipinski definition) is 1. The first-order valence-electron chi connectivity index (χ1n) is 10.7. The Kier molecular flexibility index (Phi) is 6.67. The number of methoxy groups -OCH3 is 2. The van der Waals surface area contributed by atoms with Gasteiger partial charge in [0.25, 0.3) is 5.91 Å². The maximum atomic E-state index is 12.7. The Balaban J connectivity index is 1.47. The molecule has 33 heavy (non-hydrogen) atoms. The molecule has 1 heterocycles. The van der Waals surface area contributed by atoms with Crippen LogP contribution in [0.2, 0.25) is 0 Å². The van der Waals surface area contributed by atoms with Crippen LogP contribution >= 0.6 is 0 Å². The number of benzene rings is 3.